The highest BCUT2D eigenvalue weighted by Gasteiger charge is 2.10. The standard InChI is InChI=1S/C6H5IN2O2/c1-11-6(10)5-4(7)2-8-3-9-5/h2-3H,1H3. The summed E-state index contributed by atoms with van der Waals surface area (Å²) in [5.41, 5.74) is 0.308. The summed E-state index contributed by atoms with van der Waals surface area (Å²) in [7, 11) is 1.32. The molecule has 1 aromatic rings. The van der Waals surface area contributed by atoms with Gasteiger partial charge in [0.15, 0.2) is 5.69 Å². The molecule has 1 heterocycles. The first kappa shape index (κ1) is 8.38. The minimum atomic E-state index is -0.434. The Morgan fingerprint density at radius 3 is 3.00 bits per heavy atom. The third kappa shape index (κ3) is 1.86. The summed E-state index contributed by atoms with van der Waals surface area (Å²) in [4.78, 5) is 18.4. The number of esters is 1. The Kier molecular flexibility index (Phi) is 2.75. The molecule has 0 saturated carbocycles. The van der Waals surface area contributed by atoms with Crippen LogP contribution in [0.5, 0.6) is 0 Å². The summed E-state index contributed by atoms with van der Waals surface area (Å²) in [6.45, 7) is 0. The van der Waals surface area contributed by atoms with E-state index < -0.39 is 5.97 Å². The van der Waals surface area contributed by atoms with E-state index in [1.165, 1.54) is 13.4 Å². The molecule has 0 saturated heterocycles. The van der Waals surface area contributed by atoms with E-state index >= 15 is 0 Å². The van der Waals surface area contributed by atoms with Crippen molar-refractivity contribution in [3.63, 3.8) is 0 Å². The van der Waals surface area contributed by atoms with Crippen LogP contribution in [0.1, 0.15) is 10.5 Å². The number of rotatable bonds is 1. The van der Waals surface area contributed by atoms with Crippen molar-refractivity contribution in [3.05, 3.63) is 21.8 Å². The minimum Gasteiger partial charge on any atom is -0.464 e. The van der Waals surface area contributed by atoms with Crippen LogP contribution >= 0.6 is 22.6 Å². The monoisotopic (exact) mass is 264 g/mol. The molecule has 0 radical (unpaired) electrons. The van der Waals surface area contributed by atoms with Crippen molar-refractivity contribution in [2.75, 3.05) is 7.11 Å². The highest BCUT2D eigenvalue weighted by atomic mass is 127. The van der Waals surface area contributed by atoms with Crippen molar-refractivity contribution in [2.45, 2.75) is 0 Å². The lowest BCUT2D eigenvalue weighted by atomic mass is 10.4. The molecule has 0 bridgehead atoms. The van der Waals surface area contributed by atoms with Gasteiger partial charge in [0, 0.05) is 6.20 Å². The second-order valence-corrected chi connectivity index (χ2v) is 2.87. The number of nitrogens with zero attached hydrogens (tertiary/aromatic N) is 2. The zero-order chi connectivity index (χ0) is 8.27. The molecule has 4 nitrogen and oxygen atoms in total. The smallest absolute Gasteiger partial charge is 0.357 e. The quantitative estimate of drug-likeness (QED) is 0.557. The first-order valence-corrected chi connectivity index (χ1v) is 3.87. The Labute approximate surface area is 77.1 Å². The van der Waals surface area contributed by atoms with Gasteiger partial charge < -0.3 is 4.74 Å². The highest BCUT2D eigenvalue weighted by Crippen LogP contribution is 2.07. The largest absolute Gasteiger partial charge is 0.464 e. The van der Waals surface area contributed by atoms with Crippen LogP contribution in [-0.4, -0.2) is 23.0 Å². The zero-order valence-corrected chi connectivity index (χ0v) is 7.90. The summed E-state index contributed by atoms with van der Waals surface area (Å²) in [6.07, 6.45) is 2.87. The number of hydrogen-bond donors (Lipinski definition) is 0. The molecular weight excluding hydrogens is 259 g/mol. The van der Waals surface area contributed by atoms with Crippen LogP contribution < -0.4 is 0 Å². The van der Waals surface area contributed by atoms with Crippen LogP contribution in [0, 0.1) is 3.57 Å². The van der Waals surface area contributed by atoms with Crippen LogP contribution in [0.3, 0.4) is 0 Å². The van der Waals surface area contributed by atoms with Crippen LogP contribution in [0.15, 0.2) is 12.5 Å². The molecule has 0 aliphatic carbocycles. The number of methoxy groups -OCH3 is 1. The molecular formula is C6H5IN2O2. The number of hydrogen-bond acceptors (Lipinski definition) is 4. The summed E-state index contributed by atoms with van der Waals surface area (Å²) in [5, 5.41) is 0. The maximum absolute atomic E-state index is 10.9. The van der Waals surface area contributed by atoms with Crippen molar-refractivity contribution in [2.24, 2.45) is 0 Å². The van der Waals surface area contributed by atoms with Gasteiger partial charge >= 0.3 is 5.97 Å². The normalized spacial score (nSPS) is 9.27. The van der Waals surface area contributed by atoms with Gasteiger partial charge in [-0.2, -0.15) is 0 Å². The van der Waals surface area contributed by atoms with E-state index in [2.05, 4.69) is 14.7 Å². The number of aromatic nitrogens is 2. The molecule has 0 amide bonds. The van der Waals surface area contributed by atoms with Gasteiger partial charge in [-0.15, -0.1) is 0 Å². The molecule has 0 aromatic carbocycles. The lowest BCUT2D eigenvalue weighted by molar-refractivity contribution is 0.0592. The van der Waals surface area contributed by atoms with Gasteiger partial charge in [-0.3, -0.25) is 0 Å². The van der Waals surface area contributed by atoms with Crippen molar-refractivity contribution < 1.29 is 9.53 Å². The SMILES string of the molecule is COC(=O)c1ncncc1I. The van der Waals surface area contributed by atoms with Crippen molar-refractivity contribution in [3.8, 4) is 0 Å². The molecule has 11 heavy (non-hydrogen) atoms. The molecule has 0 fully saturated rings. The molecule has 58 valence electrons. The molecule has 0 unspecified atom stereocenters. The second kappa shape index (κ2) is 3.61. The lowest BCUT2D eigenvalue weighted by Crippen LogP contribution is -2.06. The van der Waals surface area contributed by atoms with Gasteiger partial charge in [0.25, 0.3) is 0 Å². The average Bonchev–Trinajstić information content (AvgIpc) is 2.04. The topological polar surface area (TPSA) is 52.1 Å². The predicted molar refractivity (Wildman–Crippen MR) is 46.1 cm³/mol. The zero-order valence-electron chi connectivity index (χ0n) is 5.74. The summed E-state index contributed by atoms with van der Waals surface area (Å²) >= 11 is 1.97. The van der Waals surface area contributed by atoms with Gasteiger partial charge in [-0.25, -0.2) is 14.8 Å². The Bertz CT molecular complexity index is 277. The third-order valence-corrected chi connectivity index (χ3v) is 1.84. The van der Waals surface area contributed by atoms with Gasteiger partial charge in [0.05, 0.1) is 10.7 Å². The molecule has 1 aromatic heterocycles. The van der Waals surface area contributed by atoms with E-state index in [1.54, 1.807) is 6.20 Å². The van der Waals surface area contributed by atoms with E-state index in [-0.39, 0.29) is 0 Å². The van der Waals surface area contributed by atoms with Crippen molar-refractivity contribution in [1.29, 1.82) is 0 Å². The van der Waals surface area contributed by atoms with Gasteiger partial charge in [-0.05, 0) is 22.6 Å². The molecule has 0 spiro atoms. The van der Waals surface area contributed by atoms with E-state index in [4.69, 9.17) is 0 Å². The fraction of sp³-hybridized carbons (Fsp3) is 0.167. The van der Waals surface area contributed by atoms with E-state index in [9.17, 15) is 4.79 Å². The van der Waals surface area contributed by atoms with Crippen molar-refractivity contribution >= 4 is 28.6 Å². The Morgan fingerprint density at radius 2 is 2.45 bits per heavy atom. The van der Waals surface area contributed by atoms with Crippen molar-refractivity contribution in [1.82, 2.24) is 9.97 Å². The predicted octanol–water partition coefficient (Wildman–Crippen LogP) is 0.868. The Balaban J connectivity index is 3.03. The molecule has 0 aliphatic heterocycles. The average molecular weight is 264 g/mol. The molecule has 1 rings (SSSR count). The molecule has 0 atom stereocenters. The minimum absolute atomic E-state index is 0.308. The maximum Gasteiger partial charge on any atom is 0.357 e. The fourth-order valence-electron chi connectivity index (χ4n) is 0.560. The van der Waals surface area contributed by atoms with E-state index in [0.29, 0.717) is 9.26 Å². The molecule has 5 heteroatoms. The fourth-order valence-corrected chi connectivity index (χ4v) is 1.08. The van der Waals surface area contributed by atoms with Crippen LogP contribution in [0.4, 0.5) is 0 Å². The summed E-state index contributed by atoms with van der Waals surface area (Å²) in [5.74, 6) is -0.434. The van der Waals surface area contributed by atoms with Gasteiger partial charge in [0.2, 0.25) is 0 Å². The Hall–Kier alpha value is -0.720. The number of carbonyl (C=O) groups excluding carboxylic acids is 1. The van der Waals surface area contributed by atoms with Gasteiger partial charge in [-0.1, -0.05) is 0 Å². The first-order valence-electron chi connectivity index (χ1n) is 2.79. The number of halogens is 1. The highest BCUT2D eigenvalue weighted by molar-refractivity contribution is 14.1. The van der Waals surface area contributed by atoms with Crippen LogP contribution in [0.25, 0.3) is 0 Å². The first-order chi connectivity index (χ1) is 5.25. The second-order valence-electron chi connectivity index (χ2n) is 1.71. The number of carbonyl (C=O) groups is 1. The van der Waals surface area contributed by atoms with Crippen LogP contribution in [-0.2, 0) is 4.74 Å². The lowest BCUT2D eigenvalue weighted by Gasteiger charge is -1.97. The number of ether oxygens (including phenoxy) is 1. The van der Waals surface area contributed by atoms with Gasteiger partial charge in [0.1, 0.15) is 6.33 Å². The molecule has 0 N–H and O–H groups in total. The Morgan fingerprint density at radius 1 is 1.73 bits per heavy atom. The van der Waals surface area contributed by atoms with E-state index in [0.717, 1.165) is 0 Å². The third-order valence-electron chi connectivity index (χ3n) is 1.05. The summed E-state index contributed by atoms with van der Waals surface area (Å²) < 4.78 is 5.17. The maximum atomic E-state index is 10.9. The summed E-state index contributed by atoms with van der Waals surface area (Å²) in [6, 6.07) is 0. The molecule has 0 aliphatic rings. The van der Waals surface area contributed by atoms with Crippen LogP contribution in [0.2, 0.25) is 0 Å². The van der Waals surface area contributed by atoms with E-state index in [1.807, 2.05) is 22.6 Å².